The third-order valence-corrected chi connectivity index (χ3v) is 4.33. The molecule has 3 rings (SSSR count). The highest BCUT2D eigenvalue weighted by Crippen LogP contribution is 2.32. The van der Waals surface area contributed by atoms with Crippen molar-refractivity contribution in [3.05, 3.63) is 59.2 Å². The van der Waals surface area contributed by atoms with Crippen LogP contribution in [0.25, 0.3) is 11.1 Å². The molecule has 0 atom stereocenters. The number of halogens is 1. The maximum atomic E-state index is 13.0. The molecule has 1 fully saturated rings. The second-order valence-corrected chi connectivity index (χ2v) is 6.33. The van der Waals surface area contributed by atoms with E-state index in [1.54, 1.807) is 0 Å². The topological polar surface area (TPSA) is 34.1 Å². The molecule has 0 spiro atoms. The molecule has 2 aromatic carbocycles. The molecule has 0 bridgehead atoms. The first-order chi connectivity index (χ1) is 11.0. The predicted octanol–water partition coefficient (Wildman–Crippen LogP) is 4.54. The first kappa shape index (κ1) is 15.6. The number of carbonyl (C=O) groups is 2. The lowest BCUT2D eigenvalue weighted by Crippen LogP contribution is -2.21. The molecule has 0 radical (unpaired) electrons. The van der Waals surface area contributed by atoms with Crippen LogP contribution in [0.4, 0.5) is 4.39 Å². The van der Waals surface area contributed by atoms with E-state index in [1.165, 1.54) is 0 Å². The molecule has 0 unspecified atom stereocenters. The number of alkyl halides is 1. The van der Waals surface area contributed by atoms with Gasteiger partial charge in [-0.1, -0.05) is 42.0 Å². The standard InChI is InChI=1S/C20H19FO2/c1-13-5-14(12-21)7-17(6-13)15-3-2-4-16(8-15)18-9-19(22)11-20(23)10-18/h2-8,18H,9-12H2,1H3. The molecule has 0 saturated heterocycles. The molecule has 23 heavy (non-hydrogen) atoms. The summed E-state index contributed by atoms with van der Waals surface area (Å²) in [4.78, 5) is 23.4. The highest BCUT2D eigenvalue weighted by atomic mass is 19.1. The Kier molecular flexibility index (Phi) is 4.37. The minimum absolute atomic E-state index is 0.0203. The Morgan fingerprint density at radius 2 is 1.74 bits per heavy atom. The third kappa shape index (κ3) is 3.55. The van der Waals surface area contributed by atoms with Gasteiger partial charge in [0, 0.05) is 12.8 Å². The second kappa shape index (κ2) is 6.45. The van der Waals surface area contributed by atoms with Gasteiger partial charge in [-0.3, -0.25) is 9.59 Å². The molecule has 1 saturated carbocycles. The lowest BCUT2D eigenvalue weighted by molar-refractivity contribution is -0.130. The number of Topliss-reactive ketones (excluding diaryl/α,β-unsaturated/α-hetero) is 2. The molecular formula is C20H19FO2. The van der Waals surface area contributed by atoms with Crippen molar-refractivity contribution in [2.24, 2.45) is 0 Å². The van der Waals surface area contributed by atoms with Crippen LogP contribution in [-0.4, -0.2) is 11.6 Å². The molecule has 118 valence electrons. The van der Waals surface area contributed by atoms with Crippen molar-refractivity contribution in [1.82, 2.24) is 0 Å². The minimum atomic E-state index is -0.486. The molecule has 3 heteroatoms. The maximum Gasteiger partial charge on any atom is 0.140 e. The summed E-state index contributed by atoms with van der Waals surface area (Å²) in [6.07, 6.45) is 0.936. The van der Waals surface area contributed by atoms with Gasteiger partial charge in [0.05, 0.1) is 6.42 Å². The van der Waals surface area contributed by atoms with Gasteiger partial charge in [-0.15, -0.1) is 0 Å². The molecular weight excluding hydrogens is 291 g/mol. The third-order valence-electron chi connectivity index (χ3n) is 4.33. The largest absolute Gasteiger partial charge is 0.299 e. The van der Waals surface area contributed by atoms with E-state index in [1.807, 2.05) is 49.4 Å². The molecule has 0 amide bonds. The van der Waals surface area contributed by atoms with E-state index < -0.39 is 6.67 Å². The van der Waals surface area contributed by atoms with Crippen LogP contribution in [0.15, 0.2) is 42.5 Å². The summed E-state index contributed by atoms with van der Waals surface area (Å²) in [5, 5.41) is 0. The van der Waals surface area contributed by atoms with Crippen LogP contribution in [0.2, 0.25) is 0 Å². The summed E-state index contributed by atoms with van der Waals surface area (Å²) in [5.41, 5.74) is 4.64. The van der Waals surface area contributed by atoms with Crippen LogP contribution in [0.1, 0.15) is 41.9 Å². The first-order valence-electron chi connectivity index (χ1n) is 7.85. The zero-order valence-electron chi connectivity index (χ0n) is 13.1. The fraction of sp³-hybridized carbons (Fsp3) is 0.300. The second-order valence-electron chi connectivity index (χ2n) is 6.33. The predicted molar refractivity (Wildman–Crippen MR) is 88.0 cm³/mol. The van der Waals surface area contributed by atoms with E-state index in [4.69, 9.17) is 0 Å². The highest BCUT2D eigenvalue weighted by molar-refractivity contribution is 6.02. The molecule has 0 N–H and O–H groups in total. The van der Waals surface area contributed by atoms with E-state index in [9.17, 15) is 14.0 Å². The van der Waals surface area contributed by atoms with Crippen molar-refractivity contribution >= 4 is 11.6 Å². The van der Waals surface area contributed by atoms with Crippen LogP contribution in [-0.2, 0) is 16.3 Å². The van der Waals surface area contributed by atoms with Crippen LogP contribution in [0, 0.1) is 6.92 Å². The number of carbonyl (C=O) groups excluding carboxylic acids is 2. The van der Waals surface area contributed by atoms with E-state index >= 15 is 0 Å². The van der Waals surface area contributed by atoms with Gasteiger partial charge in [0.25, 0.3) is 0 Å². The van der Waals surface area contributed by atoms with Crippen molar-refractivity contribution in [2.75, 3.05) is 0 Å². The van der Waals surface area contributed by atoms with Crippen LogP contribution in [0.5, 0.6) is 0 Å². The summed E-state index contributed by atoms with van der Waals surface area (Å²) >= 11 is 0. The normalized spacial score (nSPS) is 15.9. The Bertz CT molecular complexity index is 748. The first-order valence-corrected chi connectivity index (χ1v) is 7.85. The van der Waals surface area contributed by atoms with Gasteiger partial charge in [-0.05, 0) is 41.2 Å². The lowest BCUT2D eigenvalue weighted by atomic mass is 9.82. The number of benzene rings is 2. The molecule has 0 heterocycles. The van der Waals surface area contributed by atoms with Gasteiger partial charge in [0.15, 0.2) is 0 Å². The van der Waals surface area contributed by atoms with Gasteiger partial charge >= 0.3 is 0 Å². The number of ketones is 2. The summed E-state index contributed by atoms with van der Waals surface area (Å²) in [6.45, 7) is 1.46. The van der Waals surface area contributed by atoms with E-state index in [0.29, 0.717) is 18.4 Å². The fourth-order valence-corrected chi connectivity index (χ4v) is 3.30. The zero-order chi connectivity index (χ0) is 16.4. The number of hydrogen-bond donors (Lipinski definition) is 0. The minimum Gasteiger partial charge on any atom is -0.299 e. The summed E-state index contributed by atoms with van der Waals surface area (Å²) in [5.74, 6) is 0.00741. The molecule has 2 aromatic rings. The average molecular weight is 310 g/mol. The van der Waals surface area contributed by atoms with Crippen molar-refractivity contribution < 1.29 is 14.0 Å². The Morgan fingerprint density at radius 3 is 2.43 bits per heavy atom. The van der Waals surface area contributed by atoms with Crippen molar-refractivity contribution in [2.45, 2.75) is 38.8 Å². The quantitative estimate of drug-likeness (QED) is 0.780. The van der Waals surface area contributed by atoms with Gasteiger partial charge < -0.3 is 0 Å². The monoisotopic (exact) mass is 310 g/mol. The fourth-order valence-electron chi connectivity index (χ4n) is 3.30. The Hall–Kier alpha value is -2.29. The summed E-state index contributed by atoms with van der Waals surface area (Å²) in [6, 6.07) is 13.6. The smallest absolute Gasteiger partial charge is 0.140 e. The zero-order valence-corrected chi connectivity index (χ0v) is 13.1. The Labute approximate surface area is 135 Å². The number of aryl methyl sites for hydroxylation is 1. The van der Waals surface area contributed by atoms with E-state index in [0.717, 1.165) is 22.3 Å². The van der Waals surface area contributed by atoms with E-state index in [2.05, 4.69) is 0 Å². The molecule has 1 aliphatic carbocycles. The summed E-state index contributed by atoms with van der Waals surface area (Å²) in [7, 11) is 0. The van der Waals surface area contributed by atoms with Crippen molar-refractivity contribution in [1.29, 1.82) is 0 Å². The number of hydrogen-bond acceptors (Lipinski definition) is 2. The Morgan fingerprint density at radius 1 is 1.00 bits per heavy atom. The Balaban J connectivity index is 1.95. The van der Waals surface area contributed by atoms with E-state index in [-0.39, 0.29) is 23.9 Å². The average Bonchev–Trinajstić information content (AvgIpc) is 2.53. The van der Waals surface area contributed by atoms with Gasteiger partial charge in [0.1, 0.15) is 18.2 Å². The molecule has 0 aromatic heterocycles. The molecule has 1 aliphatic rings. The van der Waals surface area contributed by atoms with Gasteiger partial charge in [0.2, 0.25) is 0 Å². The SMILES string of the molecule is Cc1cc(CF)cc(-c2cccc(C3CC(=O)CC(=O)C3)c2)c1. The van der Waals surface area contributed by atoms with Gasteiger partial charge in [-0.25, -0.2) is 4.39 Å². The van der Waals surface area contributed by atoms with Crippen molar-refractivity contribution in [3.8, 4) is 11.1 Å². The highest BCUT2D eigenvalue weighted by Gasteiger charge is 2.26. The van der Waals surface area contributed by atoms with Crippen molar-refractivity contribution in [3.63, 3.8) is 0 Å². The van der Waals surface area contributed by atoms with Crippen LogP contribution in [0.3, 0.4) is 0 Å². The molecule has 2 nitrogen and oxygen atoms in total. The molecule has 0 aliphatic heterocycles. The van der Waals surface area contributed by atoms with Crippen LogP contribution < -0.4 is 0 Å². The lowest BCUT2D eigenvalue weighted by Gasteiger charge is -2.21. The van der Waals surface area contributed by atoms with Crippen LogP contribution >= 0.6 is 0 Å². The maximum absolute atomic E-state index is 13.0. The number of rotatable bonds is 3. The summed E-state index contributed by atoms with van der Waals surface area (Å²) < 4.78 is 13.0. The van der Waals surface area contributed by atoms with Gasteiger partial charge in [-0.2, -0.15) is 0 Å².